The zero-order chi connectivity index (χ0) is 37.1. The van der Waals surface area contributed by atoms with Crippen LogP contribution in [-0.2, 0) is 14.3 Å². The summed E-state index contributed by atoms with van der Waals surface area (Å²) in [5.41, 5.74) is 11.8. The number of hydrogen-bond acceptors (Lipinski definition) is 8. The van der Waals surface area contributed by atoms with E-state index >= 15 is 0 Å². The summed E-state index contributed by atoms with van der Waals surface area (Å²) in [6.07, 6.45) is 8.55. The van der Waals surface area contributed by atoms with Crippen molar-refractivity contribution in [1.82, 2.24) is 34.7 Å². The summed E-state index contributed by atoms with van der Waals surface area (Å²) < 4.78 is 4.91. The van der Waals surface area contributed by atoms with Gasteiger partial charge >= 0.3 is 6.09 Å². The second-order valence-electron chi connectivity index (χ2n) is 14.1. The number of carbonyl (C=O) groups excluding carboxylic acids is 3. The number of likely N-dealkylation sites (tertiary alicyclic amines) is 2. The van der Waals surface area contributed by atoms with E-state index in [4.69, 9.17) is 15.5 Å². The molecule has 2 fully saturated rings. The number of carbonyl (C=O) groups is 3. The third-order valence-corrected chi connectivity index (χ3v) is 10.2. The number of primary amides is 1. The van der Waals surface area contributed by atoms with Crippen LogP contribution >= 0.6 is 0 Å². The molecule has 2 aliphatic heterocycles. The Balaban J connectivity index is 0.999. The number of pyridine rings is 1. The molecule has 0 spiro atoms. The van der Waals surface area contributed by atoms with E-state index in [1.165, 1.54) is 6.92 Å². The molecule has 0 aliphatic carbocycles. The normalized spacial score (nSPS) is 18.3. The van der Waals surface area contributed by atoms with Gasteiger partial charge in [-0.15, -0.1) is 0 Å². The highest BCUT2D eigenvalue weighted by Gasteiger charge is 2.37. The minimum absolute atomic E-state index is 0.0727. The van der Waals surface area contributed by atoms with Gasteiger partial charge in [0.05, 0.1) is 41.6 Å². The van der Waals surface area contributed by atoms with E-state index in [1.807, 2.05) is 35.4 Å². The molecule has 53 heavy (non-hydrogen) atoms. The van der Waals surface area contributed by atoms with Gasteiger partial charge in [0.15, 0.2) is 6.10 Å². The number of anilines is 1. The Morgan fingerprint density at radius 3 is 1.74 bits per heavy atom. The number of nitrogens with one attached hydrogen (secondary N) is 3. The summed E-state index contributed by atoms with van der Waals surface area (Å²) in [5.74, 6) is 1.38. The molecule has 5 heterocycles. The van der Waals surface area contributed by atoms with E-state index in [2.05, 4.69) is 75.5 Å². The number of imidazole rings is 2. The minimum Gasteiger partial charge on any atom is -0.437 e. The molecule has 0 unspecified atom stereocenters. The van der Waals surface area contributed by atoms with Gasteiger partial charge in [0, 0.05) is 25.5 Å². The first-order valence-corrected chi connectivity index (χ1v) is 18.2. The number of nitrogens with two attached hydrogens (primary N) is 1. The second kappa shape index (κ2) is 15.3. The summed E-state index contributed by atoms with van der Waals surface area (Å²) in [6, 6.07) is 19.7. The van der Waals surface area contributed by atoms with Crippen molar-refractivity contribution in [3.63, 3.8) is 0 Å². The van der Waals surface area contributed by atoms with Crippen molar-refractivity contribution >= 4 is 23.6 Å². The molecule has 2 saturated heterocycles. The van der Waals surface area contributed by atoms with E-state index in [-0.39, 0.29) is 35.9 Å². The van der Waals surface area contributed by atoms with Crippen molar-refractivity contribution in [3.8, 4) is 33.6 Å². The van der Waals surface area contributed by atoms with Crippen LogP contribution in [0.25, 0.3) is 33.6 Å². The molecule has 0 radical (unpaired) electrons. The lowest BCUT2D eigenvalue weighted by atomic mass is 10.0. The topological polar surface area (TPSA) is 175 Å². The summed E-state index contributed by atoms with van der Waals surface area (Å²) in [4.78, 5) is 62.0. The highest BCUT2D eigenvalue weighted by atomic mass is 16.6. The molecule has 2 aromatic carbocycles. The maximum absolute atomic E-state index is 13.8. The first-order chi connectivity index (χ1) is 25.7. The maximum Gasteiger partial charge on any atom is 0.405 e. The molecular formula is C40H45N9O4. The van der Waals surface area contributed by atoms with Gasteiger partial charge in [-0.2, -0.15) is 0 Å². The molecule has 0 saturated carbocycles. The summed E-state index contributed by atoms with van der Waals surface area (Å²) in [6.45, 7) is 6.90. The van der Waals surface area contributed by atoms with Crippen molar-refractivity contribution in [3.05, 3.63) is 97.1 Å². The highest BCUT2D eigenvalue weighted by Crippen LogP contribution is 2.35. The Kier molecular flexibility index (Phi) is 10.2. The molecule has 7 rings (SSSR count). The first-order valence-electron chi connectivity index (χ1n) is 18.2. The molecule has 5 aromatic rings. The van der Waals surface area contributed by atoms with Gasteiger partial charge in [-0.25, -0.2) is 14.8 Å². The average Bonchev–Trinajstić information content (AvgIpc) is 4.00. The average molecular weight is 716 g/mol. The molecule has 13 nitrogen and oxygen atoms in total. The second-order valence-corrected chi connectivity index (χ2v) is 14.1. The fraction of sp³-hybridized carbons (Fsp3) is 0.350. The molecule has 3 aromatic heterocycles. The Bertz CT molecular complexity index is 2040. The Morgan fingerprint density at radius 2 is 1.26 bits per heavy atom. The standard InChI is InChI=1S/C40H45N9O4/c1-24(2)35(45-30-7-4-18-42-21-30)39(51)49-20-6-9-34(49)37-44-23-32(47-37)29-16-12-27(13-17-29)26-10-14-28(15-11-26)31-22-43-36(46-31)33-8-5-19-48(33)38(50)25(3)53-40(41)52/h4,7,10-18,21-25,33-35,45H,5-6,8-9,19-20H2,1-3H3,(H2,41,52)(H,43,46)(H,44,47)/t25-,33-,34-,35-/m0/s1. The summed E-state index contributed by atoms with van der Waals surface area (Å²) in [7, 11) is 0. The summed E-state index contributed by atoms with van der Waals surface area (Å²) in [5, 5.41) is 3.40. The Hall–Kier alpha value is -5.98. The largest absolute Gasteiger partial charge is 0.437 e. The third kappa shape index (κ3) is 7.64. The zero-order valence-corrected chi connectivity index (χ0v) is 30.2. The third-order valence-electron chi connectivity index (χ3n) is 10.2. The molecule has 13 heteroatoms. The molecule has 274 valence electrons. The number of aromatic nitrogens is 5. The lowest BCUT2D eigenvalue weighted by Gasteiger charge is -2.30. The number of aromatic amines is 2. The molecule has 3 amide bonds. The van der Waals surface area contributed by atoms with Gasteiger partial charge in [0.1, 0.15) is 17.7 Å². The van der Waals surface area contributed by atoms with Gasteiger partial charge in [-0.05, 0) is 72.9 Å². The number of benzene rings is 2. The molecule has 5 N–H and O–H groups in total. The van der Waals surface area contributed by atoms with Crippen LogP contribution in [0, 0.1) is 5.92 Å². The number of nitrogens with zero attached hydrogens (tertiary/aromatic N) is 5. The smallest absolute Gasteiger partial charge is 0.405 e. The van der Waals surface area contributed by atoms with Crippen LogP contribution in [0.4, 0.5) is 10.5 Å². The van der Waals surface area contributed by atoms with E-state index < -0.39 is 12.2 Å². The zero-order valence-electron chi connectivity index (χ0n) is 30.2. The summed E-state index contributed by atoms with van der Waals surface area (Å²) >= 11 is 0. The fourth-order valence-corrected chi connectivity index (χ4v) is 7.40. The molecule has 2 aliphatic rings. The quantitative estimate of drug-likeness (QED) is 0.120. The lowest BCUT2D eigenvalue weighted by Crippen LogP contribution is -2.45. The van der Waals surface area contributed by atoms with Gasteiger partial charge in [0.25, 0.3) is 5.91 Å². The van der Waals surface area contributed by atoms with Crippen molar-refractivity contribution < 1.29 is 19.1 Å². The number of amides is 3. The monoisotopic (exact) mass is 715 g/mol. The van der Waals surface area contributed by atoms with Crippen LogP contribution in [0.15, 0.2) is 85.5 Å². The van der Waals surface area contributed by atoms with Gasteiger partial charge < -0.3 is 35.6 Å². The molecule has 0 bridgehead atoms. The predicted octanol–water partition coefficient (Wildman–Crippen LogP) is 6.48. The number of rotatable bonds is 11. The minimum atomic E-state index is -0.971. The van der Waals surface area contributed by atoms with E-state index in [9.17, 15) is 14.4 Å². The SMILES string of the molecule is CC(C)[C@H](Nc1cccnc1)C(=O)N1CCC[C@H]1c1ncc(-c2ccc(-c3ccc(-c4cnc([C@@H]5CCCN5C(=O)[C@H](C)OC(N)=O)[nH]4)cc3)cc2)[nH]1. The van der Waals surface area contributed by atoms with Crippen LogP contribution in [-0.4, -0.2) is 77.9 Å². The van der Waals surface area contributed by atoms with Crippen LogP contribution in [0.1, 0.15) is 70.2 Å². The number of hydrogen-bond donors (Lipinski definition) is 4. The van der Waals surface area contributed by atoms with Crippen LogP contribution in [0.3, 0.4) is 0 Å². The van der Waals surface area contributed by atoms with Crippen LogP contribution in [0.2, 0.25) is 0 Å². The number of H-pyrrole nitrogens is 2. The van der Waals surface area contributed by atoms with E-state index in [1.54, 1.807) is 23.5 Å². The fourth-order valence-electron chi connectivity index (χ4n) is 7.40. The van der Waals surface area contributed by atoms with Crippen molar-refractivity contribution in [1.29, 1.82) is 0 Å². The van der Waals surface area contributed by atoms with Gasteiger partial charge in [-0.3, -0.25) is 14.6 Å². The van der Waals surface area contributed by atoms with E-state index in [0.717, 1.165) is 70.8 Å². The van der Waals surface area contributed by atoms with Crippen LogP contribution in [0.5, 0.6) is 0 Å². The van der Waals surface area contributed by atoms with E-state index in [0.29, 0.717) is 18.9 Å². The predicted molar refractivity (Wildman–Crippen MR) is 201 cm³/mol. The van der Waals surface area contributed by atoms with Crippen LogP contribution < -0.4 is 11.1 Å². The Labute approximate surface area is 308 Å². The van der Waals surface area contributed by atoms with Gasteiger partial charge in [-0.1, -0.05) is 62.4 Å². The van der Waals surface area contributed by atoms with Crippen molar-refractivity contribution in [2.75, 3.05) is 18.4 Å². The van der Waals surface area contributed by atoms with Crippen molar-refractivity contribution in [2.24, 2.45) is 11.7 Å². The highest BCUT2D eigenvalue weighted by molar-refractivity contribution is 5.86. The lowest BCUT2D eigenvalue weighted by molar-refractivity contribution is -0.140. The Morgan fingerprint density at radius 1 is 0.755 bits per heavy atom. The molecule has 4 atom stereocenters. The number of ether oxygens (including phenoxy) is 1. The maximum atomic E-state index is 13.8. The van der Waals surface area contributed by atoms with Gasteiger partial charge in [0.2, 0.25) is 5.91 Å². The molecular weight excluding hydrogens is 670 g/mol. The first kappa shape index (κ1) is 35.4. The van der Waals surface area contributed by atoms with Crippen molar-refractivity contribution in [2.45, 2.75) is 70.7 Å².